The molecule has 94 valence electrons. The number of ether oxygens (including phenoxy) is 1. The van der Waals surface area contributed by atoms with Crippen LogP contribution in [0.2, 0.25) is 0 Å². The third-order valence-corrected chi connectivity index (χ3v) is 4.03. The fourth-order valence-corrected chi connectivity index (χ4v) is 2.82. The van der Waals surface area contributed by atoms with E-state index in [2.05, 4.69) is 11.9 Å². The van der Waals surface area contributed by atoms with Gasteiger partial charge in [-0.1, -0.05) is 0 Å². The van der Waals surface area contributed by atoms with Crippen molar-refractivity contribution >= 4 is 0 Å². The van der Waals surface area contributed by atoms with E-state index in [1.54, 1.807) is 0 Å². The normalized spacial score (nSPS) is 27.6. The molecule has 2 aliphatic rings. The van der Waals surface area contributed by atoms with E-state index < -0.39 is 0 Å². The van der Waals surface area contributed by atoms with Crippen molar-refractivity contribution in [3.8, 4) is 0 Å². The highest BCUT2D eigenvalue weighted by Gasteiger charge is 2.32. The molecular weight excluding hydrogens is 200 g/mol. The van der Waals surface area contributed by atoms with E-state index in [0.29, 0.717) is 12.1 Å². The molecule has 0 aromatic carbocycles. The Morgan fingerprint density at radius 3 is 2.75 bits per heavy atom. The molecule has 1 saturated heterocycles. The summed E-state index contributed by atoms with van der Waals surface area (Å²) in [6.07, 6.45) is 8.33. The summed E-state index contributed by atoms with van der Waals surface area (Å²) in [6.45, 7) is 2.98. The average molecular weight is 226 g/mol. The smallest absolute Gasteiger partial charge is 0.0576 e. The molecule has 1 heterocycles. The molecule has 16 heavy (non-hydrogen) atoms. The first-order chi connectivity index (χ1) is 7.81. The SMILES string of the molecule is CN(CCCC1CCCO1)C(CN)C1CC1. The second-order valence-corrected chi connectivity index (χ2v) is 5.40. The van der Waals surface area contributed by atoms with Crippen molar-refractivity contribution in [3.63, 3.8) is 0 Å². The van der Waals surface area contributed by atoms with Crippen LogP contribution in [-0.4, -0.2) is 43.8 Å². The van der Waals surface area contributed by atoms with Crippen LogP contribution < -0.4 is 5.73 Å². The lowest BCUT2D eigenvalue weighted by Crippen LogP contribution is -2.40. The molecule has 0 aromatic heterocycles. The fourth-order valence-electron chi connectivity index (χ4n) is 2.82. The maximum Gasteiger partial charge on any atom is 0.0576 e. The topological polar surface area (TPSA) is 38.5 Å². The van der Waals surface area contributed by atoms with Gasteiger partial charge in [-0.05, 0) is 58.0 Å². The van der Waals surface area contributed by atoms with Crippen molar-refractivity contribution in [1.29, 1.82) is 0 Å². The standard InChI is InChI=1S/C13H26N2O/c1-15(13(10-14)11-6-7-11)8-2-4-12-5-3-9-16-12/h11-13H,2-10,14H2,1H3. The summed E-state index contributed by atoms with van der Waals surface area (Å²) in [4.78, 5) is 2.46. The van der Waals surface area contributed by atoms with Gasteiger partial charge in [0, 0.05) is 19.2 Å². The van der Waals surface area contributed by atoms with Crippen LogP contribution in [0.25, 0.3) is 0 Å². The number of nitrogens with two attached hydrogens (primary N) is 1. The molecule has 1 saturated carbocycles. The van der Waals surface area contributed by atoms with Gasteiger partial charge in [0.15, 0.2) is 0 Å². The Kier molecular flexibility index (Phi) is 4.62. The molecule has 0 bridgehead atoms. The van der Waals surface area contributed by atoms with Crippen LogP contribution in [0.15, 0.2) is 0 Å². The summed E-state index contributed by atoms with van der Waals surface area (Å²) in [5.74, 6) is 0.887. The summed E-state index contributed by atoms with van der Waals surface area (Å²) >= 11 is 0. The van der Waals surface area contributed by atoms with Crippen LogP contribution in [0, 0.1) is 5.92 Å². The van der Waals surface area contributed by atoms with E-state index >= 15 is 0 Å². The van der Waals surface area contributed by atoms with Crippen LogP contribution in [0.4, 0.5) is 0 Å². The predicted molar refractivity (Wildman–Crippen MR) is 66.4 cm³/mol. The van der Waals surface area contributed by atoms with Crippen LogP contribution in [-0.2, 0) is 4.74 Å². The van der Waals surface area contributed by atoms with Gasteiger partial charge in [-0.2, -0.15) is 0 Å². The number of hydrogen-bond acceptors (Lipinski definition) is 3. The lowest BCUT2D eigenvalue weighted by molar-refractivity contribution is 0.0974. The van der Waals surface area contributed by atoms with Crippen molar-refractivity contribution in [3.05, 3.63) is 0 Å². The molecule has 0 spiro atoms. The highest BCUT2D eigenvalue weighted by molar-refractivity contribution is 4.87. The lowest BCUT2D eigenvalue weighted by Gasteiger charge is -2.27. The van der Waals surface area contributed by atoms with E-state index in [0.717, 1.165) is 19.1 Å². The van der Waals surface area contributed by atoms with Gasteiger partial charge in [0.1, 0.15) is 0 Å². The van der Waals surface area contributed by atoms with Crippen molar-refractivity contribution in [2.45, 2.75) is 50.7 Å². The second-order valence-electron chi connectivity index (χ2n) is 5.40. The molecule has 2 atom stereocenters. The maximum absolute atomic E-state index is 5.84. The quantitative estimate of drug-likeness (QED) is 0.717. The van der Waals surface area contributed by atoms with Crippen LogP contribution in [0.3, 0.4) is 0 Å². The summed E-state index contributed by atoms with van der Waals surface area (Å²) in [7, 11) is 2.23. The minimum absolute atomic E-state index is 0.547. The van der Waals surface area contributed by atoms with E-state index in [4.69, 9.17) is 10.5 Å². The van der Waals surface area contributed by atoms with E-state index in [9.17, 15) is 0 Å². The first-order valence-electron chi connectivity index (χ1n) is 6.83. The monoisotopic (exact) mass is 226 g/mol. The molecule has 0 aromatic rings. The molecule has 0 amide bonds. The third-order valence-electron chi connectivity index (χ3n) is 4.03. The summed E-state index contributed by atoms with van der Waals surface area (Å²) < 4.78 is 5.64. The number of nitrogens with zero attached hydrogens (tertiary/aromatic N) is 1. The highest BCUT2D eigenvalue weighted by Crippen LogP contribution is 2.34. The van der Waals surface area contributed by atoms with E-state index in [-0.39, 0.29) is 0 Å². The summed E-state index contributed by atoms with van der Waals surface area (Å²) in [5, 5.41) is 0. The van der Waals surface area contributed by atoms with Crippen molar-refractivity contribution in [1.82, 2.24) is 4.90 Å². The zero-order chi connectivity index (χ0) is 11.4. The number of likely N-dealkylation sites (N-methyl/N-ethyl adjacent to an activating group) is 1. The van der Waals surface area contributed by atoms with Gasteiger partial charge in [-0.15, -0.1) is 0 Å². The van der Waals surface area contributed by atoms with E-state index in [1.165, 1.54) is 45.1 Å². The molecule has 1 aliphatic carbocycles. The molecular formula is C13H26N2O. The fraction of sp³-hybridized carbons (Fsp3) is 1.00. The first-order valence-corrected chi connectivity index (χ1v) is 6.83. The molecule has 3 nitrogen and oxygen atoms in total. The number of hydrogen-bond donors (Lipinski definition) is 1. The predicted octanol–water partition coefficient (Wildman–Crippen LogP) is 1.61. The molecule has 3 heteroatoms. The molecule has 2 N–H and O–H groups in total. The molecule has 2 fully saturated rings. The van der Waals surface area contributed by atoms with Crippen LogP contribution in [0.5, 0.6) is 0 Å². The Morgan fingerprint density at radius 2 is 2.19 bits per heavy atom. The van der Waals surface area contributed by atoms with Crippen molar-refractivity contribution in [2.75, 3.05) is 26.7 Å². The average Bonchev–Trinajstić information content (AvgIpc) is 2.96. The van der Waals surface area contributed by atoms with Crippen molar-refractivity contribution in [2.24, 2.45) is 11.7 Å². The number of rotatable bonds is 7. The Bertz CT molecular complexity index is 200. The Balaban J connectivity index is 1.60. The van der Waals surface area contributed by atoms with Gasteiger partial charge < -0.3 is 15.4 Å². The Hall–Kier alpha value is -0.120. The van der Waals surface area contributed by atoms with Crippen molar-refractivity contribution < 1.29 is 4.74 Å². The lowest BCUT2D eigenvalue weighted by atomic mass is 10.1. The Morgan fingerprint density at radius 1 is 1.38 bits per heavy atom. The van der Waals surface area contributed by atoms with Gasteiger partial charge in [0.2, 0.25) is 0 Å². The van der Waals surface area contributed by atoms with Gasteiger partial charge >= 0.3 is 0 Å². The van der Waals surface area contributed by atoms with Crippen LogP contribution >= 0.6 is 0 Å². The largest absolute Gasteiger partial charge is 0.378 e. The molecule has 0 radical (unpaired) electrons. The van der Waals surface area contributed by atoms with Crippen LogP contribution in [0.1, 0.15) is 38.5 Å². The van der Waals surface area contributed by atoms with E-state index in [1.807, 2.05) is 0 Å². The molecule has 2 rings (SSSR count). The third kappa shape index (κ3) is 3.44. The second kappa shape index (κ2) is 5.99. The summed E-state index contributed by atoms with van der Waals surface area (Å²) in [5.41, 5.74) is 5.84. The molecule has 1 aliphatic heterocycles. The molecule has 2 unspecified atom stereocenters. The minimum atomic E-state index is 0.547. The maximum atomic E-state index is 5.84. The zero-order valence-electron chi connectivity index (χ0n) is 10.5. The van der Waals surface area contributed by atoms with Gasteiger partial charge in [0.05, 0.1) is 6.10 Å². The minimum Gasteiger partial charge on any atom is -0.378 e. The Labute approximate surface area is 99.3 Å². The first kappa shape index (κ1) is 12.3. The van der Waals surface area contributed by atoms with Gasteiger partial charge in [-0.25, -0.2) is 0 Å². The zero-order valence-corrected chi connectivity index (χ0v) is 10.5. The van der Waals surface area contributed by atoms with Gasteiger partial charge in [0.25, 0.3) is 0 Å². The highest BCUT2D eigenvalue weighted by atomic mass is 16.5. The van der Waals surface area contributed by atoms with Gasteiger partial charge in [-0.3, -0.25) is 0 Å². The summed E-state index contributed by atoms with van der Waals surface area (Å²) in [6, 6.07) is 0.629.